The Morgan fingerprint density at radius 3 is 2.82 bits per heavy atom. The molecule has 146 valence electrons. The van der Waals surface area contributed by atoms with Crippen LogP contribution in [0.5, 0.6) is 0 Å². The second-order valence-corrected chi connectivity index (χ2v) is 7.79. The quantitative estimate of drug-likeness (QED) is 0.488. The van der Waals surface area contributed by atoms with Crippen molar-refractivity contribution in [3.05, 3.63) is 58.2 Å². The lowest BCUT2D eigenvalue weighted by molar-refractivity contribution is 0.240. The van der Waals surface area contributed by atoms with Crippen LogP contribution < -0.4 is 16.0 Å². The van der Waals surface area contributed by atoms with Gasteiger partial charge in [0.1, 0.15) is 0 Å². The molecule has 0 spiro atoms. The second kappa shape index (κ2) is 8.39. The van der Waals surface area contributed by atoms with Crippen molar-refractivity contribution in [3.63, 3.8) is 0 Å². The van der Waals surface area contributed by atoms with E-state index in [0.29, 0.717) is 15.7 Å². The minimum atomic E-state index is -0.272. The Morgan fingerprint density at radius 2 is 2.04 bits per heavy atom. The molecule has 1 aliphatic rings. The number of nitrogens with zero attached hydrogens (tertiary/aromatic N) is 1. The van der Waals surface area contributed by atoms with Gasteiger partial charge in [0.05, 0.1) is 27.8 Å². The van der Waals surface area contributed by atoms with E-state index in [4.69, 9.17) is 23.2 Å². The first-order valence-corrected chi connectivity index (χ1v) is 10.0. The zero-order valence-electron chi connectivity index (χ0n) is 15.1. The van der Waals surface area contributed by atoms with Crippen LogP contribution in [-0.2, 0) is 0 Å². The van der Waals surface area contributed by atoms with Gasteiger partial charge in [-0.05, 0) is 55.3 Å². The van der Waals surface area contributed by atoms with E-state index >= 15 is 0 Å². The Bertz CT molecular complexity index is 984. The molecule has 1 saturated heterocycles. The molecule has 0 bridgehead atoms. The van der Waals surface area contributed by atoms with E-state index in [2.05, 4.69) is 26.1 Å². The highest BCUT2D eigenvalue weighted by Crippen LogP contribution is 2.29. The van der Waals surface area contributed by atoms with Crippen LogP contribution in [-0.4, -0.2) is 28.8 Å². The van der Waals surface area contributed by atoms with Gasteiger partial charge >= 0.3 is 6.03 Å². The molecule has 1 aromatic heterocycles. The van der Waals surface area contributed by atoms with Crippen LogP contribution in [0.15, 0.2) is 42.6 Å². The first-order chi connectivity index (χ1) is 13.6. The monoisotopic (exact) mass is 417 g/mol. The average Bonchev–Trinajstić information content (AvgIpc) is 3.17. The lowest BCUT2D eigenvalue weighted by Crippen LogP contribution is -2.47. The third-order valence-corrected chi connectivity index (χ3v) is 5.78. The summed E-state index contributed by atoms with van der Waals surface area (Å²) in [5, 5.41) is 18.3. The molecule has 8 heteroatoms. The van der Waals surface area contributed by atoms with E-state index in [0.717, 1.165) is 42.3 Å². The predicted octanol–water partition coefficient (Wildman–Crippen LogP) is 4.87. The summed E-state index contributed by atoms with van der Waals surface area (Å²) in [5.41, 5.74) is 2.55. The summed E-state index contributed by atoms with van der Waals surface area (Å²) < 4.78 is 0. The molecule has 6 nitrogen and oxygen atoms in total. The molecule has 2 aromatic carbocycles. The molecule has 2 amide bonds. The van der Waals surface area contributed by atoms with Crippen molar-refractivity contribution in [2.45, 2.75) is 31.3 Å². The van der Waals surface area contributed by atoms with E-state index in [9.17, 15) is 4.79 Å². The fourth-order valence-electron chi connectivity index (χ4n) is 3.61. The van der Waals surface area contributed by atoms with E-state index < -0.39 is 0 Å². The van der Waals surface area contributed by atoms with Crippen molar-refractivity contribution < 1.29 is 4.79 Å². The maximum atomic E-state index is 12.7. The van der Waals surface area contributed by atoms with Gasteiger partial charge in [-0.15, -0.1) is 0 Å². The Kier molecular flexibility index (Phi) is 5.71. The number of aromatic amines is 1. The van der Waals surface area contributed by atoms with Gasteiger partial charge in [-0.25, -0.2) is 4.79 Å². The van der Waals surface area contributed by atoms with Crippen LogP contribution >= 0.6 is 23.2 Å². The molecule has 0 radical (unpaired) electrons. The minimum Gasteiger partial charge on any atom is -0.329 e. The predicted molar refractivity (Wildman–Crippen MR) is 113 cm³/mol. The molecule has 2 heterocycles. The van der Waals surface area contributed by atoms with Gasteiger partial charge in [0.2, 0.25) is 0 Å². The van der Waals surface area contributed by atoms with Crippen LogP contribution in [0.1, 0.15) is 30.9 Å². The number of H-pyrrole nitrogens is 1. The van der Waals surface area contributed by atoms with Crippen LogP contribution in [0.25, 0.3) is 10.9 Å². The SMILES string of the molecule is O=C(Nc1ccc2[nH]ncc2c1)NC(c1ccc(Cl)c(Cl)c1)[C@@H]1CCCCN1. The Hall–Kier alpha value is -2.28. The number of anilines is 1. The number of amides is 2. The largest absolute Gasteiger partial charge is 0.329 e. The number of hydrogen-bond acceptors (Lipinski definition) is 3. The number of piperidine rings is 1. The Balaban J connectivity index is 1.53. The number of rotatable bonds is 4. The molecule has 1 unspecified atom stereocenters. The van der Waals surface area contributed by atoms with Crippen LogP contribution in [0.4, 0.5) is 10.5 Å². The summed E-state index contributed by atoms with van der Waals surface area (Å²) in [6.45, 7) is 0.933. The van der Waals surface area contributed by atoms with E-state index in [-0.39, 0.29) is 18.1 Å². The zero-order chi connectivity index (χ0) is 19.5. The summed E-state index contributed by atoms with van der Waals surface area (Å²) in [6, 6.07) is 10.7. The van der Waals surface area contributed by atoms with E-state index in [1.165, 1.54) is 0 Å². The molecular weight excluding hydrogens is 397 g/mol. The number of hydrogen-bond donors (Lipinski definition) is 4. The number of carbonyl (C=O) groups excluding carboxylic acids is 1. The van der Waals surface area contributed by atoms with Crippen molar-refractivity contribution in [2.75, 3.05) is 11.9 Å². The van der Waals surface area contributed by atoms with Crippen molar-refractivity contribution in [1.29, 1.82) is 0 Å². The van der Waals surface area contributed by atoms with Gasteiger partial charge in [0.15, 0.2) is 0 Å². The lowest BCUT2D eigenvalue weighted by atomic mass is 9.92. The molecule has 2 atom stereocenters. The molecule has 1 aliphatic heterocycles. The van der Waals surface area contributed by atoms with Gasteiger partial charge in [0.25, 0.3) is 0 Å². The number of urea groups is 1. The van der Waals surface area contributed by atoms with Gasteiger partial charge in [-0.1, -0.05) is 35.7 Å². The van der Waals surface area contributed by atoms with Gasteiger partial charge in [0, 0.05) is 17.1 Å². The molecule has 4 rings (SSSR count). The summed E-state index contributed by atoms with van der Waals surface area (Å²) in [7, 11) is 0. The van der Waals surface area contributed by atoms with Crippen molar-refractivity contribution >= 4 is 45.8 Å². The fraction of sp³-hybridized carbons (Fsp3) is 0.300. The van der Waals surface area contributed by atoms with Crippen molar-refractivity contribution in [2.24, 2.45) is 0 Å². The smallest absolute Gasteiger partial charge is 0.319 e. The number of carbonyl (C=O) groups is 1. The maximum absolute atomic E-state index is 12.7. The lowest BCUT2D eigenvalue weighted by Gasteiger charge is -2.32. The zero-order valence-corrected chi connectivity index (χ0v) is 16.6. The molecule has 0 aliphatic carbocycles. The summed E-state index contributed by atoms with van der Waals surface area (Å²) in [5.74, 6) is 0. The fourth-order valence-corrected chi connectivity index (χ4v) is 3.92. The molecule has 1 fully saturated rings. The maximum Gasteiger partial charge on any atom is 0.319 e. The normalized spacial score (nSPS) is 18.0. The highest BCUT2D eigenvalue weighted by atomic mass is 35.5. The van der Waals surface area contributed by atoms with Crippen LogP contribution in [0, 0.1) is 0 Å². The molecule has 28 heavy (non-hydrogen) atoms. The average molecular weight is 418 g/mol. The Labute approximate surface area is 173 Å². The molecular formula is C20H21Cl2N5O. The van der Waals surface area contributed by atoms with Gasteiger partial charge in [-0.3, -0.25) is 5.10 Å². The van der Waals surface area contributed by atoms with Gasteiger partial charge < -0.3 is 16.0 Å². The number of halogens is 2. The third-order valence-electron chi connectivity index (χ3n) is 5.04. The summed E-state index contributed by atoms with van der Waals surface area (Å²) in [4.78, 5) is 12.7. The highest BCUT2D eigenvalue weighted by molar-refractivity contribution is 6.42. The second-order valence-electron chi connectivity index (χ2n) is 6.98. The first-order valence-electron chi connectivity index (χ1n) is 9.29. The number of nitrogens with one attached hydrogen (secondary N) is 4. The number of benzene rings is 2. The number of fused-ring (bicyclic) bond motifs is 1. The molecule has 3 aromatic rings. The van der Waals surface area contributed by atoms with E-state index in [1.807, 2.05) is 30.3 Å². The summed E-state index contributed by atoms with van der Waals surface area (Å²) >= 11 is 12.3. The van der Waals surface area contributed by atoms with Crippen LogP contribution in [0.3, 0.4) is 0 Å². The molecule has 0 saturated carbocycles. The van der Waals surface area contributed by atoms with Crippen molar-refractivity contribution in [3.8, 4) is 0 Å². The third kappa shape index (κ3) is 4.24. The Morgan fingerprint density at radius 1 is 1.14 bits per heavy atom. The first kappa shape index (κ1) is 19.1. The van der Waals surface area contributed by atoms with Gasteiger partial charge in [-0.2, -0.15) is 5.10 Å². The highest BCUT2D eigenvalue weighted by Gasteiger charge is 2.27. The minimum absolute atomic E-state index is 0.132. The van der Waals surface area contributed by atoms with Crippen molar-refractivity contribution in [1.82, 2.24) is 20.8 Å². The molecule has 4 N–H and O–H groups in total. The standard InChI is InChI=1S/C20H21Cl2N5O/c21-15-6-4-12(10-16(15)22)19(18-3-1-2-8-23-18)26-20(28)25-14-5-7-17-13(9-14)11-24-27-17/h4-7,9-11,18-19,23H,1-3,8H2,(H,24,27)(H2,25,26,28)/t18-,19?/m0/s1. The van der Waals surface area contributed by atoms with E-state index in [1.54, 1.807) is 12.3 Å². The topological polar surface area (TPSA) is 81.8 Å². The van der Waals surface area contributed by atoms with Crippen LogP contribution in [0.2, 0.25) is 10.0 Å². The number of aromatic nitrogens is 2. The summed E-state index contributed by atoms with van der Waals surface area (Å²) in [6.07, 6.45) is 4.96.